The lowest BCUT2D eigenvalue weighted by Gasteiger charge is -2.20. The van der Waals surface area contributed by atoms with Gasteiger partial charge in [0.2, 0.25) is 0 Å². The van der Waals surface area contributed by atoms with Gasteiger partial charge in [-0.3, -0.25) is 23.4 Å². The van der Waals surface area contributed by atoms with E-state index in [-0.39, 0.29) is 19.4 Å². The molecule has 51 heavy (non-hydrogen) atoms. The van der Waals surface area contributed by atoms with Gasteiger partial charge in [0.05, 0.1) is 13.2 Å². The van der Waals surface area contributed by atoms with E-state index in [1.165, 1.54) is 57.8 Å². The van der Waals surface area contributed by atoms with Gasteiger partial charge in [-0.1, -0.05) is 133 Å². The Morgan fingerprint density at radius 1 is 0.608 bits per heavy atom. The zero-order valence-electron chi connectivity index (χ0n) is 31.4. The lowest BCUT2D eigenvalue weighted by atomic mass is 10.1. The highest BCUT2D eigenvalue weighted by Gasteiger charge is 2.28. The largest absolute Gasteiger partial charge is 0.480 e. The number of unbranched alkanes of at least 4 members (excludes halogenated alkanes) is 13. The number of esters is 2. The molecule has 0 aliphatic rings. The fourth-order valence-corrected chi connectivity index (χ4v) is 5.54. The maximum absolute atomic E-state index is 12.5. The smallest absolute Gasteiger partial charge is 0.472 e. The molecule has 0 radical (unpaired) electrons. The molecule has 0 aromatic carbocycles. The Morgan fingerprint density at radius 2 is 1.06 bits per heavy atom. The number of hydrogen-bond acceptors (Lipinski definition) is 9. The maximum atomic E-state index is 12.5. The topological polar surface area (TPSA) is 172 Å². The van der Waals surface area contributed by atoms with E-state index in [0.717, 1.165) is 44.9 Å². The van der Waals surface area contributed by atoms with Crippen LogP contribution in [0.1, 0.15) is 149 Å². The first-order valence-corrected chi connectivity index (χ1v) is 20.7. The van der Waals surface area contributed by atoms with E-state index in [9.17, 15) is 23.8 Å². The van der Waals surface area contributed by atoms with Crippen LogP contribution in [0.5, 0.6) is 0 Å². The van der Waals surface area contributed by atoms with Crippen LogP contribution >= 0.6 is 7.82 Å². The van der Waals surface area contributed by atoms with Gasteiger partial charge in [-0.2, -0.15) is 0 Å². The van der Waals surface area contributed by atoms with Crippen molar-refractivity contribution < 1.29 is 47.5 Å². The molecule has 12 heteroatoms. The van der Waals surface area contributed by atoms with Crippen molar-refractivity contribution in [2.75, 3.05) is 19.8 Å². The third kappa shape index (κ3) is 34.3. The summed E-state index contributed by atoms with van der Waals surface area (Å²) in [5, 5.41) is 8.85. The molecule has 11 nitrogen and oxygen atoms in total. The molecule has 0 aromatic rings. The quantitative estimate of drug-likeness (QED) is 0.0244. The number of aliphatic carboxylic acids is 1. The number of allylic oxidation sites excluding steroid dienone is 8. The zero-order chi connectivity index (χ0) is 37.8. The molecule has 1 unspecified atom stereocenters. The van der Waals surface area contributed by atoms with E-state index in [2.05, 4.69) is 54.8 Å². The number of phosphoric acid groups is 1. The molecule has 4 N–H and O–H groups in total. The molecular formula is C39H68NO10P. The summed E-state index contributed by atoms with van der Waals surface area (Å²) in [6, 6.07) is -1.53. The van der Waals surface area contributed by atoms with E-state index < -0.39 is 51.1 Å². The SMILES string of the molecule is CCCCC/C=C\C/C=C\C/C=C\C/C=C\CCCC(=O)OC[C@H](COP(=O)(O)OC[C@H](N)C(=O)O)OC(=O)CCCCCCCCCCCC. The molecule has 0 amide bonds. The van der Waals surface area contributed by atoms with E-state index in [1.807, 2.05) is 12.2 Å². The van der Waals surface area contributed by atoms with Crippen molar-refractivity contribution in [3.63, 3.8) is 0 Å². The molecule has 0 heterocycles. The van der Waals surface area contributed by atoms with E-state index in [4.69, 9.17) is 24.8 Å². The molecule has 0 aliphatic carbocycles. The zero-order valence-corrected chi connectivity index (χ0v) is 32.3. The molecule has 0 spiro atoms. The van der Waals surface area contributed by atoms with Gasteiger partial charge in [-0.05, 0) is 51.4 Å². The van der Waals surface area contributed by atoms with Crippen LogP contribution in [0.3, 0.4) is 0 Å². The van der Waals surface area contributed by atoms with Crippen molar-refractivity contribution in [2.45, 2.75) is 161 Å². The molecule has 0 fully saturated rings. The summed E-state index contributed by atoms with van der Waals surface area (Å²) >= 11 is 0. The second-order valence-corrected chi connectivity index (χ2v) is 14.2. The predicted molar refractivity (Wildman–Crippen MR) is 203 cm³/mol. The minimum Gasteiger partial charge on any atom is -0.480 e. The number of phosphoric ester groups is 1. The van der Waals surface area contributed by atoms with E-state index in [0.29, 0.717) is 19.3 Å². The third-order valence-corrected chi connectivity index (χ3v) is 8.78. The number of nitrogens with two attached hydrogens (primary N) is 1. The van der Waals surface area contributed by atoms with E-state index >= 15 is 0 Å². The van der Waals surface area contributed by atoms with Gasteiger partial charge in [-0.15, -0.1) is 0 Å². The molecule has 0 bridgehead atoms. The van der Waals surface area contributed by atoms with Crippen LogP contribution in [0.15, 0.2) is 48.6 Å². The van der Waals surface area contributed by atoms with Crippen molar-refractivity contribution in [3.8, 4) is 0 Å². The normalized spacial score (nSPS) is 14.4. The van der Waals surface area contributed by atoms with Crippen molar-refractivity contribution in [3.05, 3.63) is 48.6 Å². The summed E-state index contributed by atoms with van der Waals surface area (Å²) in [6.07, 6.45) is 36.2. The highest BCUT2D eigenvalue weighted by Crippen LogP contribution is 2.43. The van der Waals surface area contributed by atoms with Crippen molar-refractivity contribution in [2.24, 2.45) is 5.73 Å². The standard InChI is InChI=1S/C39H68NO10P/c1-3-5-7-9-11-13-15-16-17-18-19-20-21-23-24-26-28-30-37(41)47-32-35(33-48-51(45,46)49-34-36(40)39(43)44)50-38(42)31-29-27-25-22-14-12-10-8-6-4-2/h11,13,16-17,19-20,23-24,35-36H,3-10,12,14-15,18,21-22,25-34,40H2,1-2H3,(H,43,44)(H,45,46)/b13-11-,17-16-,20-19-,24-23-/t35-,36+/m1/s1. The highest BCUT2D eigenvalue weighted by molar-refractivity contribution is 7.47. The van der Waals surface area contributed by atoms with Crippen LogP contribution in [0.2, 0.25) is 0 Å². The molecule has 0 saturated heterocycles. The molecule has 0 saturated carbocycles. The summed E-state index contributed by atoms with van der Waals surface area (Å²) in [5.74, 6) is -2.46. The van der Waals surface area contributed by atoms with Crippen LogP contribution in [0.25, 0.3) is 0 Å². The Hall–Kier alpha value is -2.56. The minimum absolute atomic E-state index is 0.146. The average molecular weight is 742 g/mol. The van der Waals surface area contributed by atoms with Gasteiger partial charge in [0, 0.05) is 12.8 Å². The summed E-state index contributed by atoms with van der Waals surface area (Å²) in [4.78, 5) is 45.7. The lowest BCUT2D eigenvalue weighted by molar-refractivity contribution is -0.161. The number of rotatable bonds is 35. The summed E-state index contributed by atoms with van der Waals surface area (Å²) in [7, 11) is -4.72. The van der Waals surface area contributed by atoms with Crippen LogP contribution in [-0.2, 0) is 37.5 Å². The van der Waals surface area contributed by atoms with Gasteiger partial charge < -0.3 is 25.2 Å². The first kappa shape index (κ1) is 48.4. The first-order valence-electron chi connectivity index (χ1n) is 19.2. The van der Waals surface area contributed by atoms with Crippen LogP contribution in [-0.4, -0.2) is 59.9 Å². The molecule has 0 aliphatic heterocycles. The van der Waals surface area contributed by atoms with Gasteiger partial charge >= 0.3 is 25.7 Å². The summed E-state index contributed by atoms with van der Waals surface area (Å²) in [5.41, 5.74) is 5.31. The van der Waals surface area contributed by atoms with Crippen molar-refractivity contribution >= 4 is 25.7 Å². The van der Waals surface area contributed by atoms with Gasteiger partial charge in [0.15, 0.2) is 6.10 Å². The molecule has 0 rings (SSSR count). The molecule has 294 valence electrons. The predicted octanol–water partition coefficient (Wildman–Crippen LogP) is 9.44. The van der Waals surface area contributed by atoms with Gasteiger partial charge in [0.25, 0.3) is 0 Å². The lowest BCUT2D eigenvalue weighted by Crippen LogP contribution is -2.34. The Morgan fingerprint density at radius 3 is 1.61 bits per heavy atom. The number of carbonyl (C=O) groups is 3. The second-order valence-electron chi connectivity index (χ2n) is 12.7. The van der Waals surface area contributed by atoms with Crippen molar-refractivity contribution in [1.29, 1.82) is 0 Å². The monoisotopic (exact) mass is 741 g/mol. The van der Waals surface area contributed by atoms with Crippen LogP contribution in [0.4, 0.5) is 0 Å². The number of ether oxygens (including phenoxy) is 2. The Labute approximate surface area is 307 Å². The van der Waals surface area contributed by atoms with Crippen LogP contribution < -0.4 is 5.73 Å². The molecule has 3 atom stereocenters. The summed E-state index contributed by atoms with van der Waals surface area (Å²) in [6.45, 7) is 2.67. The maximum Gasteiger partial charge on any atom is 0.472 e. The Bertz CT molecular complexity index is 1060. The Balaban J connectivity index is 4.51. The van der Waals surface area contributed by atoms with Crippen LogP contribution in [0, 0.1) is 0 Å². The Kier molecular flexibility index (Phi) is 32.8. The fraction of sp³-hybridized carbons (Fsp3) is 0.718. The average Bonchev–Trinajstić information content (AvgIpc) is 3.10. The van der Waals surface area contributed by atoms with E-state index in [1.54, 1.807) is 0 Å². The first-order chi connectivity index (χ1) is 24.6. The third-order valence-electron chi connectivity index (χ3n) is 7.83. The van der Waals surface area contributed by atoms with Gasteiger partial charge in [0.1, 0.15) is 12.6 Å². The summed E-state index contributed by atoms with van der Waals surface area (Å²) < 4.78 is 32.5. The number of carbonyl (C=O) groups excluding carboxylic acids is 2. The number of carboxylic acids is 1. The number of hydrogen-bond donors (Lipinski definition) is 3. The fourth-order valence-electron chi connectivity index (χ4n) is 4.76. The van der Waals surface area contributed by atoms with Gasteiger partial charge in [-0.25, -0.2) is 4.57 Å². The molecule has 0 aromatic heterocycles. The second kappa shape index (κ2) is 34.5. The minimum atomic E-state index is -4.72. The highest BCUT2D eigenvalue weighted by atomic mass is 31.2. The van der Waals surface area contributed by atoms with Crippen molar-refractivity contribution in [1.82, 2.24) is 0 Å². The molecular weight excluding hydrogens is 673 g/mol. The number of carboxylic acid groups (broad SMARTS) is 1.